The summed E-state index contributed by atoms with van der Waals surface area (Å²) >= 11 is 0. The second-order valence-electron chi connectivity index (χ2n) is 6.06. The van der Waals surface area contributed by atoms with Gasteiger partial charge in [0.1, 0.15) is 6.54 Å². The van der Waals surface area contributed by atoms with Gasteiger partial charge in [0.05, 0.1) is 0 Å². The van der Waals surface area contributed by atoms with E-state index in [1.54, 1.807) is 6.07 Å². The van der Waals surface area contributed by atoms with E-state index in [2.05, 4.69) is 20.4 Å². The Balaban J connectivity index is 1.63. The molecule has 3 rings (SSSR count). The normalized spacial score (nSPS) is 16.3. The molecule has 0 bridgehead atoms. The number of carbonyl (C=O) groups is 1. The molecule has 8 nitrogen and oxygen atoms in total. The summed E-state index contributed by atoms with van der Waals surface area (Å²) in [7, 11) is 3.82. The van der Waals surface area contributed by atoms with Crippen molar-refractivity contribution in [1.29, 1.82) is 0 Å². The molecule has 1 N–H and O–H groups in total. The summed E-state index contributed by atoms with van der Waals surface area (Å²) in [6.07, 6.45) is 5.64. The van der Waals surface area contributed by atoms with Crippen LogP contribution in [-0.2, 0) is 24.2 Å². The molecular weight excluding hydrogens is 308 g/mol. The number of hydrogen-bond acceptors (Lipinski definition) is 6. The van der Waals surface area contributed by atoms with Crippen LogP contribution < -0.4 is 15.8 Å². The maximum absolute atomic E-state index is 12.1. The van der Waals surface area contributed by atoms with Crippen molar-refractivity contribution in [3.8, 4) is 0 Å². The number of aromatic nitrogens is 4. The smallest absolute Gasteiger partial charge is 0.267 e. The standard InChI is InChI=1S/C16H20N6O2/c1-21(2)16-17-9-11-8-12(5-6-13(11)20-16)19-14(23)10-22-15(24)4-3-7-18-22/h3-4,7,9,12H,5-6,8,10H2,1-2H3,(H,19,23). The molecule has 24 heavy (non-hydrogen) atoms. The van der Waals surface area contributed by atoms with Crippen molar-refractivity contribution >= 4 is 11.9 Å². The number of rotatable bonds is 4. The Bertz CT molecular complexity index is 801. The number of aryl methyl sites for hydroxylation is 1. The van der Waals surface area contributed by atoms with E-state index in [9.17, 15) is 9.59 Å². The largest absolute Gasteiger partial charge is 0.351 e. The molecule has 0 saturated heterocycles. The average molecular weight is 328 g/mol. The second kappa shape index (κ2) is 6.77. The van der Waals surface area contributed by atoms with Crippen molar-refractivity contribution in [2.45, 2.75) is 31.8 Å². The predicted octanol–water partition coefficient (Wildman–Crippen LogP) is -0.227. The molecule has 2 aromatic rings. The average Bonchev–Trinajstić information content (AvgIpc) is 2.56. The van der Waals surface area contributed by atoms with Crippen molar-refractivity contribution in [2.24, 2.45) is 0 Å². The van der Waals surface area contributed by atoms with Gasteiger partial charge in [-0.1, -0.05) is 0 Å². The summed E-state index contributed by atoms with van der Waals surface area (Å²) < 4.78 is 1.15. The van der Waals surface area contributed by atoms with Crippen molar-refractivity contribution in [3.05, 3.63) is 46.1 Å². The molecule has 2 heterocycles. The molecule has 126 valence electrons. The molecule has 0 saturated carbocycles. The lowest BCUT2D eigenvalue weighted by molar-refractivity contribution is -0.122. The third kappa shape index (κ3) is 3.58. The van der Waals surface area contributed by atoms with E-state index in [4.69, 9.17) is 0 Å². The van der Waals surface area contributed by atoms with Crippen LogP contribution in [0.15, 0.2) is 29.3 Å². The number of anilines is 1. The first-order chi connectivity index (χ1) is 11.5. The molecule has 1 atom stereocenters. The van der Waals surface area contributed by atoms with Gasteiger partial charge < -0.3 is 10.2 Å². The lowest BCUT2D eigenvalue weighted by Crippen LogP contribution is -2.42. The highest BCUT2D eigenvalue weighted by atomic mass is 16.2. The maximum atomic E-state index is 12.1. The lowest BCUT2D eigenvalue weighted by Gasteiger charge is -2.25. The zero-order chi connectivity index (χ0) is 17.1. The highest BCUT2D eigenvalue weighted by Crippen LogP contribution is 2.20. The monoisotopic (exact) mass is 328 g/mol. The maximum Gasteiger partial charge on any atom is 0.267 e. The minimum Gasteiger partial charge on any atom is -0.351 e. The van der Waals surface area contributed by atoms with Gasteiger partial charge in [-0.2, -0.15) is 5.10 Å². The van der Waals surface area contributed by atoms with Gasteiger partial charge >= 0.3 is 0 Å². The molecule has 1 unspecified atom stereocenters. The molecule has 0 aromatic carbocycles. The molecule has 0 fully saturated rings. The highest BCUT2D eigenvalue weighted by Gasteiger charge is 2.22. The molecule has 0 spiro atoms. The van der Waals surface area contributed by atoms with Gasteiger partial charge in [0.25, 0.3) is 5.56 Å². The number of fused-ring (bicyclic) bond motifs is 1. The summed E-state index contributed by atoms with van der Waals surface area (Å²) in [5.41, 5.74) is 1.82. The van der Waals surface area contributed by atoms with E-state index in [-0.39, 0.29) is 24.1 Å². The summed E-state index contributed by atoms with van der Waals surface area (Å²) in [5, 5.41) is 6.86. The third-order valence-corrected chi connectivity index (χ3v) is 3.98. The van der Waals surface area contributed by atoms with Crippen LogP contribution in [0.1, 0.15) is 17.7 Å². The van der Waals surface area contributed by atoms with Crippen molar-refractivity contribution in [1.82, 2.24) is 25.1 Å². The van der Waals surface area contributed by atoms with Gasteiger partial charge in [-0.3, -0.25) is 9.59 Å². The number of hydrogen-bond donors (Lipinski definition) is 1. The summed E-state index contributed by atoms with van der Waals surface area (Å²) in [6, 6.07) is 2.96. The van der Waals surface area contributed by atoms with Crippen LogP contribution >= 0.6 is 0 Å². The van der Waals surface area contributed by atoms with Crippen molar-refractivity contribution < 1.29 is 4.79 Å². The Kier molecular flexibility index (Phi) is 4.54. The molecule has 2 aromatic heterocycles. The van der Waals surface area contributed by atoms with Crippen molar-refractivity contribution in [3.63, 3.8) is 0 Å². The van der Waals surface area contributed by atoms with E-state index in [1.165, 1.54) is 12.3 Å². The molecule has 1 aliphatic rings. The fraction of sp³-hybridized carbons (Fsp3) is 0.438. The lowest BCUT2D eigenvalue weighted by atomic mass is 9.93. The van der Waals surface area contributed by atoms with Gasteiger partial charge in [0.2, 0.25) is 11.9 Å². The Morgan fingerprint density at radius 1 is 1.46 bits per heavy atom. The van der Waals surface area contributed by atoms with E-state index >= 15 is 0 Å². The Morgan fingerprint density at radius 3 is 3.04 bits per heavy atom. The quantitative estimate of drug-likeness (QED) is 0.833. The number of carbonyl (C=O) groups excluding carboxylic acids is 1. The number of nitrogens with zero attached hydrogens (tertiary/aromatic N) is 5. The van der Waals surface area contributed by atoms with Crippen LogP contribution in [0.25, 0.3) is 0 Å². The number of nitrogens with one attached hydrogen (secondary N) is 1. The minimum atomic E-state index is -0.286. The van der Waals surface area contributed by atoms with Crippen LogP contribution in [0.2, 0.25) is 0 Å². The third-order valence-electron chi connectivity index (χ3n) is 3.98. The summed E-state index contributed by atoms with van der Waals surface area (Å²) in [4.78, 5) is 34.5. The molecule has 1 amide bonds. The first kappa shape index (κ1) is 16.1. The van der Waals surface area contributed by atoms with Crippen molar-refractivity contribution in [2.75, 3.05) is 19.0 Å². The van der Waals surface area contributed by atoms with Gasteiger partial charge in [-0.05, 0) is 30.9 Å². The van der Waals surface area contributed by atoms with Crippen LogP contribution in [0.5, 0.6) is 0 Å². The van der Waals surface area contributed by atoms with Gasteiger partial charge in [0.15, 0.2) is 0 Å². The zero-order valence-corrected chi connectivity index (χ0v) is 13.8. The fourth-order valence-corrected chi connectivity index (χ4v) is 2.75. The SMILES string of the molecule is CN(C)c1ncc2c(n1)CCC(NC(=O)Cn1ncccc1=O)C2. The molecular formula is C16H20N6O2. The molecule has 0 radical (unpaired) electrons. The Hall–Kier alpha value is -2.77. The molecule has 1 aliphatic carbocycles. The van der Waals surface area contributed by atoms with Crippen LogP contribution in [0.3, 0.4) is 0 Å². The Labute approximate surface area is 139 Å². The van der Waals surface area contributed by atoms with Gasteiger partial charge in [-0.15, -0.1) is 0 Å². The Morgan fingerprint density at radius 2 is 2.29 bits per heavy atom. The first-order valence-electron chi connectivity index (χ1n) is 7.86. The number of amides is 1. The fourth-order valence-electron chi connectivity index (χ4n) is 2.75. The van der Waals surface area contributed by atoms with Crippen LogP contribution in [0.4, 0.5) is 5.95 Å². The van der Waals surface area contributed by atoms with Crippen LogP contribution in [-0.4, -0.2) is 45.8 Å². The first-order valence-corrected chi connectivity index (χ1v) is 7.86. The predicted molar refractivity (Wildman–Crippen MR) is 88.8 cm³/mol. The summed E-state index contributed by atoms with van der Waals surface area (Å²) in [6.45, 7) is -0.0703. The van der Waals surface area contributed by atoms with E-state index in [1.807, 2.05) is 25.2 Å². The second-order valence-corrected chi connectivity index (χ2v) is 6.06. The van der Waals surface area contributed by atoms with Crippen LogP contribution in [0, 0.1) is 0 Å². The zero-order valence-electron chi connectivity index (χ0n) is 13.8. The molecule has 0 aliphatic heterocycles. The van der Waals surface area contributed by atoms with E-state index < -0.39 is 0 Å². The van der Waals surface area contributed by atoms with Gasteiger partial charge in [0, 0.05) is 44.3 Å². The molecule has 8 heteroatoms. The highest BCUT2D eigenvalue weighted by molar-refractivity contribution is 5.76. The van der Waals surface area contributed by atoms with E-state index in [0.717, 1.165) is 28.8 Å². The minimum absolute atomic E-state index is 0.0261. The topological polar surface area (TPSA) is 93.0 Å². The van der Waals surface area contributed by atoms with Gasteiger partial charge in [-0.25, -0.2) is 14.6 Å². The van der Waals surface area contributed by atoms with E-state index in [0.29, 0.717) is 12.4 Å². The summed E-state index contributed by atoms with van der Waals surface area (Å²) in [5.74, 6) is 0.487.